The van der Waals surface area contributed by atoms with E-state index >= 15 is 0 Å². The molecule has 0 atom stereocenters. The van der Waals surface area contributed by atoms with Gasteiger partial charge in [0.15, 0.2) is 4.90 Å². The van der Waals surface area contributed by atoms with Gasteiger partial charge in [-0.25, -0.2) is 26.3 Å². The number of hydrogen-bond donors (Lipinski definition) is 4. The van der Waals surface area contributed by atoms with E-state index in [1.165, 1.54) is 24.3 Å². The first-order valence-corrected chi connectivity index (χ1v) is 21.2. The first-order chi connectivity index (χ1) is 28.4. The Bertz CT molecular complexity index is 2660. The van der Waals surface area contributed by atoms with Crippen molar-refractivity contribution in [2.45, 2.75) is 48.6 Å². The quantitative estimate of drug-likeness (QED) is 0.0521. The van der Waals surface area contributed by atoms with Crippen LogP contribution in [-0.2, 0) is 31.1 Å². The van der Waals surface area contributed by atoms with Gasteiger partial charge in [-0.2, -0.15) is 0 Å². The number of nitro benzene ring substituents is 1. The lowest BCUT2D eigenvalue weighted by Crippen LogP contribution is -2.41. The summed E-state index contributed by atoms with van der Waals surface area (Å²) >= 11 is 0. The Labute approximate surface area is 350 Å². The summed E-state index contributed by atoms with van der Waals surface area (Å²) in [6.45, 7) is 7.02. The number of aliphatic hydroxyl groups is 1. The number of sulfonamides is 2. The molecule has 0 aliphatic carbocycles. The third-order valence-corrected chi connectivity index (χ3v) is 12.6. The number of benzene rings is 4. The minimum Gasteiger partial charge on any atom is -0.494 e. The number of pyridine rings is 2. The van der Waals surface area contributed by atoms with Crippen molar-refractivity contribution in [1.82, 2.24) is 19.4 Å². The average molecular weight is 857 g/mol. The van der Waals surface area contributed by atoms with Crippen LogP contribution in [0.4, 0.5) is 11.4 Å². The maximum Gasteiger partial charge on any atom is 0.289 e. The molecule has 2 aromatic heterocycles. The van der Waals surface area contributed by atoms with E-state index in [0.29, 0.717) is 17.1 Å². The van der Waals surface area contributed by atoms with E-state index in [9.17, 15) is 26.9 Å². The van der Waals surface area contributed by atoms with Crippen molar-refractivity contribution in [3.8, 4) is 33.8 Å². The highest BCUT2D eigenvalue weighted by Crippen LogP contribution is 2.35. The SMILES string of the molecule is CO.COc1cnccc1-c1cccc(C(C)(C)NS(=O)(=O)c2ccccc2N)c1.COc1cnccc1-c1cccc(C(C)(C)NS(=O)(=O)c2ccccc2[N+](=O)[O-])c1. The van der Waals surface area contributed by atoms with Crippen LogP contribution in [0.1, 0.15) is 38.8 Å². The van der Waals surface area contributed by atoms with Crippen LogP contribution in [0.2, 0.25) is 0 Å². The predicted octanol–water partition coefficient (Wildman–Crippen LogP) is 7.04. The van der Waals surface area contributed by atoms with Gasteiger partial charge in [-0.15, -0.1) is 0 Å². The number of anilines is 1. The first kappa shape index (κ1) is 46.4. The molecule has 0 aliphatic rings. The monoisotopic (exact) mass is 856 g/mol. The molecule has 4 aromatic carbocycles. The van der Waals surface area contributed by atoms with E-state index in [1.807, 2.05) is 68.4 Å². The molecule has 0 fully saturated rings. The summed E-state index contributed by atoms with van der Waals surface area (Å²) in [5.41, 5.74) is 8.59. The smallest absolute Gasteiger partial charge is 0.289 e. The van der Waals surface area contributed by atoms with Gasteiger partial charge in [0.1, 0.15) is 16.4 Å². The van der Waals surface area contributed by atoms with E-state index in [0.717, 1.165) is 41.0 Å². The van der Waals surface area contributed by atoms with Crippen LogP contribution in [0.3, 0.4) is 0 Å². The molecular formula is C43H48N6O9S2. The fourth-order valence-electron chi connectivity index (χ4n) is 6.17. The number of rotatable bonds is 13. The second-order valence-corrected chi connectivity index (χ2v) is 17.3. The van der Waals surface area contributed by atoms with Crippen molar-refractivity contribution < 1.29 is 36.3 Å². The molecule has 6 rings (SSSR count). The minimum absolute atomic E-state index is 0.0648. The number of nitrogens with two attached hydrogens (primary N) is 1. The zero-order chi connectivity index (χ0) is 44.3. The fraction of sp³-hybridized carbons (Fsp3) is 0.209. The molecule has 17 heteroatoms. The number of aliphatic hydroxyl groups excluding tert-OH is 1. The highest BCUT2D eigenvalue weighted by molar-refractivity contribution is 7.90. The lowest BCUT2D eigenvalue weighted by molar-refractivity contribution is -0.387. The number of para-hydroxylation sites is 2. The van der Waals surface area contributed by atoms with Gasteiger partial charge in [0.05, 0.1) is 48.3 Å². The number of nitrogen functional groups attached to an aromatic ring is 1. The molecule has 0 saturated heterocycles. The lowest BCUT2D eigenvalue weighted by atomic mass is 9.92. The summed E-state index contributed by atoms with van der Waals surface area (Å²) < 4.78 is 67.8. The van der Waals surface area contributed by atoms with E-state index in [4.69, 9.17) is 20.3 Å². The number of aromatic nitrogens is 2. The van der Waals surface area contributed by atoms with Crippen LogP contribution in [0.25, 0.3) is 22.3 Å². The molecule has 15 nitrogen and oxygen atoms in total. The molecule has 5 N–H and O–H groups in total. The molecule has 0 amide bonds. The molecule has 316 valence electrons. The van der Waals surface area contributed by atoms with Crippen molar-refractivity contribution in [2.24, 2.45) is 0 Å². The minimum atomic E-state index is -4.16. The van der Waals surface area contributed by atoms with Gasteiger partial charge in [0, 0.05) is 36.7 Å². The van der Waals surface area contributed by atoms with Crippen LogP contribution in [0, 0.1) is 10.1 Å². The summed E-state index contributed by atoms with van der Waals surface area (Å²) in [7, 11) is -3.81. The molecular weight excluding hydrogens is 809 g/mol. The molecule has 2 heterocycles. The summed E-state index contributed by atoms with van der Waals surface area (Å²) in [5, 5.41) is 18.3. The number of ether oxygens (including phenoxy) is 2. The zero-order valence-corrected chi connectivity index (χ0v) is 35.8. The Morgan fingerprint density at radius 3 is 1.48 bits per heavy atom. The Morgan fingerprint density at radius 1 is 0.633 bits per heavy atom. The zero-order valence-electron chi connectivity index (χ0n) is 34.2. The van der Waals surface area contributed by atoms with Crippen LogP contribution in [0.5, 0.6) is 11.5 Å². The van der Waals surface area contributed by atoms with Crippen LogP contribution in [-0.4, -0.2) is 58.2 Å². The molecule has 0 aliphatic heterocycles. The number of hydrogen-bond acceptors (Lipinski definition) is 12. The molecule has 0 unspecified atom stereocenters. The molecule has 0 spiro atoms. The van der Waals surface area contributed by atoms with Gasteiger partial charge < -0.3 is 20.3 Å². The second kappa shape index (κ2) is 19.7. The summed E-state index contributed by atoms with van der Waals surface area (Å²) in [6, 6.07) is 30.3. The Kier molecular flexibility index (Phi) is 15.2. The Morgan fingerprint density at radius 2 is 1.05 bits per heavy atom. The number of nitro groups is 1. The van der Waals surface area contributed by atoms with Crippen LogP contribution < -0.4 is 24.7 Å². The summed E-state index contributed by atoms with van der Waals surface area (Å²) in [5.74, 6) is 1.24. The first-order valence-electron chi connectivity index (χ1n) is 18.2. The van der Waals surface area contributed by atoms with Gasteiger partial charge in [0.2, 0.25) is 20.0 Å². The van der Waals surface area contributed by atoms with Gasteiger partial charge in [-0.05, 0) is 92.4 Å². The predicted molar refractivity (Wildman–Crippen MR) is 231 cm³/mol. The van der Waals surface area contributed by atoms with Gasteiger partial charge in [-0.3, -0.25) is 20.1 Å². The average Bonchev–Trinajstić information content (AvgIpc) is 3.24. The second-order valence-electron chi connectivity index (χ2n) is 14.0. The van der Waals surface area contributed by atoms with Crippen molar-refractivity contribution in [3.63, 3.8) is 0 Å². The molecule has 0 saturated carbocycles. The third kappa shape index (κ3) is 11.1. The maximum atomic E-state index is 13.0. The fourth-order valence-corrected chi connectivity index (χ4v) is 9.28. The van der Waals surface area contributed by atoms with Gasteiger partial charge in [-0.1, -0.05) is 60.7 Å². The Hall–Kier alpha value is -6.24. The van der Waals surface area contributed by atoms with Crippen molar-refractivity contribution in [1.29, 1.82) is 0 Å². The standard InChI is InChI=1S/C21H21N3O5S.C21H23N3O3S.CH4O/c1-21(2,23-30(27,28)20-10-5-4-9-18(20)24(25)26)16-8-6-7-15(13-16)17-11-12-22-14-19(17)29-3;1-21(2,24-28(25,26)20-10-5-4-9-18(20)22)16-8-6-7-15(13-16)17-11-12-23-14-19(17)27-3;1-2/h4-14,23H,1-3H3;4-14,24H,22H2,1-3H3;2H,1H3. The van der Waals surface area contributed by atoms with E-state index in [2.05, 4.69) is 19.4 Å². The maximum absolute atomic E-state index is 13.0. The molecule has 60 heavy (non-hydrogen) atoms. The highest BCUT2D eigenvalue weighted by atomic mass is 32.2. The largest absolute Gasteiger partial charge is 0.494 e. The van der Waals surface area contributed by atoms with Crippen LogP contribution >= 0.6 is 0 Å². The molecule has 6 aromatic rings. The van der Waals surface area contributed by atoms with Crippen molar-refractivity contribution in [2.75, 3.05) is 27.1 Å². The third-order valence-electron chi connectivity index (χ3n) is 9.14. The lowest BCUT2D eigenvalue weighted by Gasteiger charge is -2.27. The van der Waals surface area contributed by atoms with Gasteiger partial charge >= 0.3 is 0 Å². The topological polar surface area (TPSA) is 226 Å². The van der Waals surface area contributed by atoms with Gasteiger partial charge in [0.25, 0.3) is 5.69 Å². The molecule has 0 bridgehead atoms. The van der Waals surface area contributed by atoms with Crippen molar-refractivity contribution in [3.05, 3.63) is 155 Å². The molecule has 0 radical (unpaired) electrons. The number of nitrogens with zero attached hydrogens (tertiary/aromatic N) is 3. The van der Waals surface area contributed by atoms with E-state index in [1.54, 1.807) is 77.1 Å². The highest BCUT2D eigenvalue weighted by Gasteiger charge is 2.33. The number of methoxy groups -OCH3 is 2. The van der Waals surface area contributed by atoms with E-state index < -0.39 is 41.7 Å². The normalized spacial score (nSPS) is 11.6. The van der Waals surface area contributed by atoms with Crippen molar-refractivity contribution >= 4 is 31.4 Å². The number of nitrogens with one attached hydrogen (secondary N) is 2. The van der Waals surface area contributed by atoms with Crippen LogP contribution in [0.15, 0.2) is 144 Å². The Balaban J connectivity index is 0.000000255. The summed E-state index contributed by atoms with van der Waals surface area (Å²) in [6.07, 6.45) is 6.59. The van der Waals surface area contributed by atoms with E-state index in [-0.39, 0.29) is 15.5 Å². The summed E-state index contributed by atoms with van der Waals surface area (Å²) in [4.78, 5) is 18.4.